The first-order chi connectivity index (χ1) is 8.16. The number of ether oxygens (including phenoxy) is 2. The zero-order valence-electron chi connectivity index (χ0n) is 9.01. The smallest absolute Gasteiger partial charge is 0.147 e. The maximum atomic E-state index is 5.48. The van der Waals surface area contributed by atoms with E-state index < -0.39 is 0 Å². The van der Waals surface area contributed by atoms with Gasteiger partial charge in [-0.1, -0.05) is 15.9 Å². The predicted molar refractivity (Wildman–Crippen MR) is 78.3 cm³/mol. The summed E-state index contributed by atoms with van der Waals surface area (Å²) in [5.41, 5.74) is 1.04. The van der Waals surface area contributed by atoms with Crippen molar-refractivity contribution < 1.29 is 9.47 Å². The Bertz CT molecular complexity index is 371. The lowest BCUT2D eigenvalue weighted by Gasteiger charge is -2.24. The zero-order valence-corrected chi connectivity index (χ0v) is 13.8. The van der Waals surface area contributed by atoms with Crippen LogP contribution in [0.15, 0.2) is 25.6 Å². The molecule has 0 bridgehead atoms. The summed E-state index contributed by atoms with van der Waals surface area (Å²) in [5, 5.41) is 3.38. The third-order valence-corrected chi connectivity index (χ3v) is 4.19. The van der Waals surface area contributed by atoms with Crippen molar-refractivity contribution in [1.29, 1.82) is 0 Å². The average molecular weight is 430 g/mol. The van der Waals surface area contributed by atoms with Crippen LogP contribution in [0.3, 0.4) is 0 Å². The molecule has 1 aliphatic rings. The summed E-state index contributed by atoms with van der Waals surface area (Å²) >= 11 is 10.5. The maximum Gasteiger partial charge on any atom is 0.147 e. The Morgan fingerprint density at radius 1 is 1.24 bits per heavy atom. The Balaban J connectivity index is 1.98. The highest BCUT2D eigenvalue weighted by Crippen LogP contribution is 2.34. The van der Waals surface area contributed by atoms with E-state index in [0.29, 0.717) is 6.79 Å². The maximum absolute atomic E-state index is 5.48. The lowest BCUT2D eigenvalue weighted by molar-refractivity contribution is -0.133. The largest absolute Gasteiger partial charge is 0.381 e. The van der Waals surface area contributed by atoms with E-state index in [2.05, 4.69) is 53.1 Å². The van der Waals surface area contributed by atoms with Crippen LogP contribution in [0.25, 0.3) is 0 Å². The summed E-state index contributed by atoms with van der Waals surface area (Å²) in [4.78, 5) is 0. The number of halogens is 3. The van der Waals surface area contributed by atoms with Crippen LogP contribution < -0.4 is 5.32 Å². The van der Waals surface area contributed by atoms with Crippen LogP contribution >= 0.6 is 47.8 Å². The van der Waals surface area contributed by atoms with E-state index in [1.165, 1.54) is 0 Å². The minimum Gasteiger partial charge on any atom is -0.381 e. The Kier molecular flexibility index (Phi) is 5.29. The van der Waals surface area contributed by atoms with Crippen molar-refractivity contribution >= 4 is 53.5 Å². The summed E-state index contributed by atoms with van der Waals surface area (Å²) in [6, 6.07) is 4.02. The van der Waals surface area contributed by atoms with Crippen LogP contribution in [0.4, 0.5) is 5.69 Å². The van der Waals surface area contributed by atoms with Crippen molar-refractivity contribution in [3.63, 3.8) is 0 Å². The lowest BCUT2D eigenvalue weighted by atomic mass is 10.2. The van der Waals surface area contributed by atoms with Crippen molar-refractivity contribution in [1.82, 2.24) is 0 Å². The molecule has 1 aromatic carbocycles. The molecule has 0 amide bonds. The normalized spacial score (nSPS) is 20.3. The number of nitrogens with one attached hydrogen (secondary N) is 1. The van der Waals surface area contributed by atoms with E-state index in [9.17, 15) is 0 Å². The van der Waals surface area contributed by atoms with Gasteiger partial charge in [0.15, 0.2) is 0 Å². The number of anilines is 1. The minimum atomic E-state index is 0.214. The summed E-state index contributed by atoms with van der Waals surface area (Å²) < 4.78 is 13.7. The molecule has 0 aromatic heterocycles. The number of benzene rings is 1. The van der Waals surface area contributed by atoms with E-state index in [0.717, 1.165) is 38.7 Å². The Morgan fingerprint density at radius 2 is 1.94 bits per heavy atom. The van der Waals surface area contributed by atoms with Crippen LogP contribution in [0.1, 0.15) is 6.42 Å². The molecule has 1 unspecified atom stereocenters. The van der Waals surface area contributed by atoms with Gasteiger partial charge in [0.05, 0.1) is 18.4 Å². The van der Waals surface area contributed by atoms with Crippen LogP contribution in [-0.2, 0) is 9.47 Å². The number of hydrogen-bond donors (Lipinski definition) is 1. The van der Waals surface area contributed by atoms with Gasteiger partial charge in [-0.2, -0.15) is 0 Å². The highest BCUT2D eigenvalue weighted by atomic mass is 79.9. The molecular formula is C11H12Br3NO2. The summed E-state index contributed by atoms with van der Waals surface area (Å²) in [6.07, 6.45) is 1.14. The molecule has 0 spiro atoms. The van der Waals surface area contributed by atoms with Gasteiger partial charge in [0.1, 0.15) is 6.79 Å². The molecule has 0 saturated carbocycles. The molecule has 0 aliphatic carbocycles. The van der Waals surface area contributed by atoms with Crippen LogP contribution in [0.2, 0.25) is 0 Å². The molecule has 94 valence electrons. The number of rotatable bonds is 3. The molecule has 17 heavy (non-hydrogen) atoms. The van der Waals surface area contributed by atoms with Gasteiger partial charge in [-0.05, 0) is 50.4 Å². The first-order valence-corrected chi connectivity index (χ1v) is 7.62. The lowest BCUT2D eigenvalue weighted by Crippen LogP contribution is -2.30. The van der Waals surface area contributed by atoms with Crippen molar-refractivity contribution in [2.45, 2.75) is 12.5 Å². The first-order valence-electron chi connectivity index (χ1n) is 5.24. The third-order valence-electron chi connectivity index (χ3n) is 2.48. The Morgan fingerprint density at radius 3 is 2.53 bits per heavy atom. The second-order valence-corrected chi connectivity index (χ2v) is 6.35. The first kappa shape index (κ1) is 13.8. The van der Waals surface area contributed by atoms with Gasteiger partial charge in [-0.15, -0.1) is 0 Å². The topological polar surface area (TPSA) is 30.5 Å². The third kappa shape index (κ3) is 3.92. The molecule has 2 rings (SSSR count). The van der Waals surface area contributed by atoms with Gasteiger partial charge in [0.2, 0.25) is 0 Å². The standard InChI is InChI=1S/C11H12Br3NO2/c12-7-3-9(13)11(10(14)4-7)15-5-8-1-2-16-6-17-8/h3-4,8,15H,1-2,5-6H2. The van der Waals surface area contributed by atoms with Crippen LogP contribution in [0, 0.1) is 0 Å². The monoisotopic (exact) mass is 427 g/mol. The second-order valence-electron chi connectivity index (χ2n) is 3.73. The van der Waals surface area contributed by atoms with E-state index in [4.69, 9.17) is 9.47 Å². The predicted octanol–water partition coefficient (Wildman–Crippen LogP) is 4.15. The molecule has 1 heterocycles. The molecule has 6 heteroatoms. The fraction of sp³-hybridized carbons (Fsp3) is 0.455. The highest BCUT2D eigenvalue weighted by molar-refractivity contribution is 9.11. The molecule has 1 aliphatic heterocycles. The zero-order chi connectivity index (χ0) is 12.3. The van der Waals surface area contributed by atoms with Crippen LogP contribution in [0.5, 0.6) is 0 Å². The second kappa shape index (κ2) is 6.52. The van der Waals surface area contributed by atoms with Crippen LogP contribution in [-0.4, -0.2) is 26.0 Å². The summed E-state index contributed by atoms with van der Waals surface area (Å²) in [5.74, 6) is 0. The van der Waals surface area contributed by atoms with E-state index in [1.54, 1.807) is 0 Å². The van der Waals surface area contributed by atoms with Gasteiger partial charge in [-0.3, -0.25) is 0 Å². The molecule has 1 fully saturated rings. The quantitative estimate of drug-likeness (QED) is 0.783. The van der Waals surface area contributed by atoms with Crippen molar-refractivity contribution in [2.24, 2.45) is 0 Å². The molecule has 1 aromatic rings. The number of hydrogen-bond acceptors (Lipinski definition) is 3. The van der Waals surface area contributed by atoms with E-state index >= 15 is 0 Å². The van der Waals surface area contributed by atoms with E-state index in [-0.39, 0.29) is 6.10 Å². The van der Waals surface area contributed by atoms with Gasteiger partial charge < -0.3 is 14.8 Å². The SMILES string of the molecule is Brc1cc(Br)c(NCC2CCOCO2)c(Br)c1. The van der Waals surface area contributed by atoms with Gasteiger partial charge in [0.25, 0.3) is 0 Å². The van der Waals surface area contributed by atoms with Gasteiger partial charge in [0, 0.05) is 20.0 Å². The van der Waals surface area contributed by atoms with Crippen molar-refractivity contribution in [3.8, 4) is 0 Å². The molecule has 1 N–H and O–H groups in total. The highest BCUT2D eigenvalue weighted by Gasteiger charge is 2.15. The fourth-order valence-corrected chi connectivity index (χ4v) is 4.13. The average Bonchev–Trinajstić information content (AvgIpc) is 2.29. The van der Waals surface area contributed by atoms with Gasteiger partial charge in [-0.25, -0.2) is 0 Å². The van der Waals surface area contributed by atoms with Crippen molar-refractivity contribution in [2.75, 3.05) is 25.3 Å². The Hall–Kier alpha value is 0.380. The summed E-state index contributed by atoms with van der Waals surface area (Å²) in [6.45, 7) is 1.95. The molecule has 1 atom stereocenters. The molecule has 0 radical (unpaired) electrons. The van der Waals surface area contributed by atoms with Crippen molar-refractivity contribution in [3.05, 3.63) is 25.6 Å². The minimum absolute atomic E-state index is 0.214. The Labute approximate surface area is 126 Å². The van der Waals surface area contributed by atoms with Gasteiger partial charge >= 0.3 is 0 Å². The molecule has 3 nitrogen and oxygen atoms in total. The van der Waals surface area contributed by atoms with E-state index in [1.807, 2.05) is 12.1 Å². The molecule has 1 saturated heterocycles. The summed E-state index contributed by atoms with van der Waals surface area (Å²) in [7, 11) is 0. The molecular weight excluding hydrogens is 418 g/mol. The fourth-order valence-electron chi connectivity index (χ4n) is 1.59.